The van der Waals surface area contributed by atoms with Gasteiger partial charge in [0.15, 0.2) is 5.82 Å². The molecule has 3 aromatic rings. The third-order valence-corrected chi connectivity index (χ3v) is 4.15. The molecule has 0 atom stereocenters. The first-order valence-corrected chi connectivity index (χ1v) is 8.43. The summed E-state index contributed by atoms with van der Waals surface area (Å²) < 4.78 is 7.35. The van der Waals surface area contributed by atoms with Crippen molar-refractivity contribution in [2.24, 2.45) is 0 Å². The lowest BCUT2D eigenvalue weighted by atomic mass is 10.1. The fourth-order valence-electron chi connectivity index (χ4n) is 2.45. The summed E-state index contributed by atoms with van der Waals surface area (Å²) in [7, 11) is 0. The Hall–Kier alpha value is -3.22. The topological polar surface area (TPSA) is 81.9 Å². The van der Waals surface area contributed by atoms with E-state index in [1.165, 1.54) is 5.56 Å². The Labute approximate surface area is 152 Å². The lowest BCUT2D eigenvalue weighted by molar-refractivity contribution is 0.102. The van der Waals surface area contributed by atoms with Crippen LogP contribution in [0.25, 0.3) is 0 Å². The molecule has 3 rings (SSSR count). The minimum Gasteiger partial charge on any atom is -0.486 e. The minimum absolute atomic E-state index is 0.158. The standard InChI is InChI=1S/C19H21N5O2/c1-4-24-18(21-22-23-24)12-26-17-9-6-15(7-10-17)19(25)20-16-8-5-13(2)14(3)11-16/h5-11H,4,12H2,1-3H3,(H,20,25). The zero-order chi connectivity index (χ0) is 18.5. The summed E-state index contributed by atoms with van der Waals surface area (Å²) >= 11 is 0. The van der Waals surface area contributed by atoms with E-state index in [0.29, 0.717) is 23.7 Å². The Kier molecular flexibility index (Phi) is 5.26. The highest BCUT2D eigenvalue weighted by atomic mass is 16.5. The third kappa shape index (κ3) is 4.05. The molecule has 26 heavy (non-hydrogen) atoms. The summed E-state index contributed by atoms with van der Waals surface area (Å²) in [4.78, 5) is 12.4. The molecule has 7 nitrogen and oxygen atoms in total. The molecule has 0 saturated carbocycles. The van der Waals surface area contributed by atoms with Gasteiger partial charge >= 0.3 is 0 Å². The number of hydrogen-bond donors (Lipinski definition) is 1. The maximum atomic E-state index is 12.4. The number of amides is 1. The van der Waals surface area contributed by atoms with Crippen LogP contribution in [0.1, 0.15) is 34.2 Å². The first-order valence-electron chi connectivity index (χ1n) is 8.43. The van der Waals surface area contributed by atoms with Crippen molar-refractivity contribution >= 4 is 11.6 Å². The quantitative estimate of drug-likeness (QED) is 0.738. The Morgan fingerprint density at radius 2 is 1.88 bits per heavy atom. The zero-order valence-corrected chi connectivity index (χ0v) is 15.1. The normalized spacial score (nSPS) is 10.6. The fourth-order valence-corrected chi connectivity index (χ4v) is 2.45. The summed E-state index contributed by atoms with van der Waals surface area (Å²) in [5, 5.41) is 14.3. The molecule has 0 radical (unpaired) electrons. The first kappa shape index (κ1) is 17.6. The van der Waals surface area contributed by atoms with E-state index in [2.05, 4.69) is 20.8 Å². The Morgan fingerprint density at radius 3 is 2.58 bits per heavy atom. The molecular formula is C19H21N5O2. The molecule has 1 N–H and O–H groups in total. The molecule has 0 saturated heterocycles. The molecule has 134 valence electrons. The van der Waals surface area contributed by atoms with Gasteiger partial charge in [-0.05, 0) is 78.7 Å². The van der Waals surface area contributed by atoms with Crippen LogP contribution in [0, 0.1) is 13.8 Å². The van der Waals surface area contributed by atoms with Crippen molar-refractivity contribution < 1.29 is 9.53 Å². The maximum Gasteiger partial charge on any atom is 0.255 e. The molecule has 0 spiro atoms. The van der Waals surface area contributed by atoms with Crippen LogP contribution in [0.5, 0.6) is 5.75 Å². The van der Waals surface area contributed by atoms with Crippen LogP contribution in [0.2, 0.25) is 0 Å². The Bertz CT molecular complexity index is 903. The summed E-state index contributed by atoms with van der Waals surface area (Å²) in [6.45, 7) is 6.98. The van der Waals surface area contributed by atoms with Crippen molar-refractivity contribution in [2.75, 3.05) is 5.32 Å². The number of carbonyl (C=O) groups excluding carboxylic acids is 1. The molecule has 0 aliphatic rings. The molecular weight excluding hydrogens is 330 g/mol. The number of aromatic nitrogens is 4. The highest BCUT2D eigenvalue weighted by Crippen LogP contribution is 2.17. The fraction of sp³-hybridized carbons (Fsp3) is 0.263. The number of hydrogen-bond acceptors (Lipinski definition) is 5. The lowest BCUT2D eigenvalue weighted by Gasteiger charge is -2.09. The van der Waals surface area contributed by atoms with Gasteiger partial charge in [-0.1, -0.05) is 6.07 Å². The number of rotatable bonds is 6. The van der Waals surface area contributed by atoms with Gasteiger partial charge in [0, 0.05) is 17.8 Å². The third-order valence-electron chi connectivity index (χ3n) is 4.15. The summed E-state index contributed by atoms with van der Waals surface area (Å²) in [5.74, 6) is 1.15. The van der Waals surface area contributed by atoms with Gasteiger partial charge in [0.2, 0.25) is 0 Å². The van der Waals surface area contributed by atoms with Crippen LogP contribution in [-0.4, -0.2) is 26.1 Å². The Balaban J connectivity index is 1.61. The molecule has 1 heterocycles. The number of nitrogens with zero attached hydrogens (tertiary/aromatic N) is 4. The second-order valence-corrected chi connectivity index (χ2v) is 5.98. The molecule has 0 aliphatic carbocycles. The smallest absolute Gasteiger partial charge is 0.255 e. The van der Waals surface area contributed by atoms with Gasteiger partial charge in [0.25, 0.3) is 5.91 Å². The SMILES string of the molecule is CCn1nnnc1COc1ccc(C(=O)Nc2ccc(C)c(C)c2)cc1. The van der Waals surface area contributed by atoms with Gasteiger partial charge in [-0.25, -0.2) is 4.68 Å². The van der Waals surface area contributed by atoms with Crippen molar-refractivity contribution in [2.45, 2.75) is 33.9 Å². The number of nitrogens with one attached hydrogen (secondary N) is 1. The zero-order valence-electron chi connectivity index (χ0n) is 15.1. The van der Waals surface area contributed by atoms with E-state index in [0.717, 1.165) is 11.3 Å². The van der Waals surface area contributed by atoms with Crippen LogP contribution >= 0.6 is 0 Å². The van der Waals surface area contributed by atoms with E-state index < -0.39 is 0 Å². The van der Waals surface area contributed by atoms with Crippen molar-refractivity contribution in [3.63, 3.8) is 0 Å². The van der Waals surface area contributed by atoms with E-state index in [-0.39, 0.29) is 12.5 Å². The monoisotopic (exact) mass is 351 g/mol. The number of benzene rings is 2. The molecule has 7 heteroatoms. The van der Waals surface area contributed by atoms with E-state index in [9.17, 15) is 4.79 Å². The highest BCUT2D eigenvalue weighted by molar-refractivity contribution is 6.04. The molecule has 1 amide bonds. The van der Waals surface area contributed by atoms with Gasteiger partial charge < -0.3 is 10.1 Å². The molecule has 0 aliphatic heterocycles. The highest BCUT2D eigenvalue weighted by Gasteiger charge is 2.08. The summed E-state index contributed by atoms with van der Waals surface area (Å²) in [6.07, 6.45) is 0. The summed E-state index contributed by atoms with van der Waals surface area (Å²) in [6, 6.07) is 12.8. The van der Waals surface area contributed by atoms with Gasteiger partial charge in [0.05, 0.1) is 0 Å². The van der Waals surface area contributed by atoms with E-state index >= 15 is 0 Å². The van der Waals surface area contributed by atoms with Crippen molar-refractivity contribution in [3.8, 4) is 5.75 Å². The van der Waals surface area contributed by atoms with Gasteiger partial charge in [-0.2, -0.15) is 0 Å². The average Bonchev–Trinajstić information content (AvgIpc) is 3.11. The lowest BCUT2D eigenvalue weighted by Crippen LogP contribution is -2.12. The predicted octanol–water partition coefficient (Wildman–Crippen LogP) is 3.14. The van der Waals surface area contributed by atoms with Crippen LogP contribution in [0.3, 0.4) is 0 Å². The number of anilines is 1. The van der Waals surface area contributed by atoms with Crippen LogP contribution in [-0.2, 0) is 13.2 Å². The predicted molar refractivity (Wildman–Crippen MR) is 98.1 cm³/mol. The van der Waals surface area contributed by atoms with Gasteiger partial charge in [-0.3, -0.25) is 4.79 Å². The molecule has 0 bridgehead atoms. The second-order valence-electron chi connectivity index (χ2n) is 5.98. The van der Waals surface area contributed by atoms with Gasteiger partial charge in [0.1, 0.15) is 12.4 Å². The molecule has 1 aromatic heterocycles. The van der Waals surface area contributed by atoms with Gasteiger partial charge in [-0.15, -0.1) is 5.10 Å². The number of tetrazole rings is 1. The van der Waals surface area contributed by atoms with Crippen molar-refractivity contribution in [3.05, 3.63) is 65.0 Å². The van der Waals surface area contributed by atoms with E-state index in [1.54, 1.807) is 28.9 Å². The number of ether oxygens (including phenoxy) is 1. The average molecular weight is 351 g/mol. The van der Waals surface area contributed by atoms with Crippen LogP contribution < -0.4 is 10.1 Å². The largest absolute Gasteiger partial charge is 0.486 e. The van der Waals surface area contributed by atoms with Crippen LogP contribution in [0.4, 0.5) is 5.69 Å². The maximum absolute atomic E-state index is 12.4. The number of aryl methyl sites for hydroxylation is 3. The first-order chi connectivity index (χ1) is 12.6. The van der Waals surface area contributed by atoms with Crippen LogP contribution in [0.15, 0.2) is 42.5 Å². The van der Waals surface area contributed by atoms with Crippen molar-refractivity contribution in [1.82, 2.24) is 20.2 Å². The minimum atomic E-state index is -0.158. The molecule has 2 aromatic carbocycles. The molecule has 0 unspecified atom stereocenters. The van der Waals surface area contributed by atoms with E-state index in [1.807, 2.05) is 39.0 Å². The number of carbonyl (C=O) groups is 1. The second kappa shape index (κ2) is 7.77. The van der Waals surface area contributed by atoms with Crippen molar-refractivity contribution in [1.29, 1.82) is 0 Å². The molecule has 0 fully saturated rings. The Morgan fingerprint density at radius 1 is 1.12 bits per heavy atom. The van der Waals surface area contributed by atoms with E-state index in [4.69, 9.17) is 4.74 Å². The summed E-state index contributed by atoms with van der Waals surface area (Å²) in [5.41, 5.74) is 3.68.